The number of nitrogens with zero attached hydrogens (tertiary/aromatic N) is 5. The van der Waals surface area contributed by atoms with Crippen molar-refractivity contribution in [2.75, 3.05) is 18.6 Å². The van der Waals surface area contributed by atoms with E-state index in [1.54, 1.807) is 6.20 Å². The van der Waals surface area contributed by atoms with Crippen LogP contribution >= 0.6 is 0 Å². The Morgan fingerprint density at radius 3 is 3.00 bits per heavy atom. The molecule has 0 radical (unpaired) electrons. The molecule has 1 aliphatic carbocycles. The van der Waals surface area contributed by atoms with Crippen molar-refractivity contribution < 1.29 is 13.3 Å². The monoisotopic (exact) mass is 390 g/mol. The third-order valence-electron chi connectivity index (χ3n) is 5.08. The van der Waals surface area contributed by atoms with Gasteiger partial charge in [-0.1, -0.05) is 18.5 Å². The molecule has 0 aliphatic heterocycles. The predicted molar refractivity (Wildman–Crippen MR) is 101 cm³/mol. The molecule has 4 rings (SSSR count). The van der Waals surface area contributed by atoms with Gasteiger partial charge in [0.2, 0.25) is 0 Å². The fraction of sp³-hybridized carbons (Fsp3) is 0.529. The maximum absolute atomic E-state index is 11.2. The molecule has 0 saturated heterocycles. The van der Waals surface area contributed by atoms with Crippen LogP contribution in [0.2, 0.25) is 0 Å². The Bertz CT molecular complexity index is 1100. The Hall–Kier alpha value is -2.49. The van der Waals surface area contributed by atoms with Gasteiger partial charge in [0.1, 0.15) is 12.4 Å². The minimum Gasteiger partial charge on any atom is -0.395 e. The lowest BCUT2D eigenvalue weighted by molar-refractivity contribution is 0.159. The second kappa shape index (κ2) is 6.91. The van der Waals surface area contributed by atoms with Crippen molar-refractivity contribution in [1.82, 2.24) is 24.6 Å². The minimum absolute atomic E-state index is 0.0301. The Morgan fingerprint density at radius 1 is 1.37 bits per heavy atom. The van der Waals surface area contributed by atoms with Crippen LogP contribution in [0.5, 0.6) is 0 Å². The molecule has 0 unspecified atom stereocenters. The van der Waals surface area contributed by atoms with Gasteiger partial charge in [-0.3, -0.25) is 4.40 Å². The van der Waals surface area contributed by atoms with Crippen molar-refractivity contribution in [3.8, 4) is 0 Å². The van der Waals surface area contributed by atoms with Crippen LogP contribution in [0.3, 0.4) is 0 Å². The lowest BCUT2D eigenvalue weighted by Gasteiger charge is -2.15. The SMILES string of the molecule is CC[C@@H]1CC(=NOCCS(C)(=O)=O)C[C@@H]1c1nnc2cnc3[nH]ccc3n12. The van der Waals surface area contributed by atoms with Crippen LogP contribution in [0.25, 0.3) is 16.8 Å². The summed E-state index contributed by atoms with van der Waals surface area (Å²) < 4.78 is 24.4. The summed E-state index contributed by atoms with van der Waals surface area (Å²) in [6.07, 6.45) is 7.30. The fourth-order valence-corrected chi connectivity index (χ4v) is 4.10. The number of sulfone groups is 1. The third-order valence-corrected chi connectivity index (χ3v) is 5.99. The van der Waals surface area contributed by atoms with Gasteiger partial charge in [0.05, 0.1) is 23.2 Å². The lowest BCUT2D eigenvalue weighted by Crippen LogP contribution is -2.09. The van der Waals surface area contributed by atoms with E-state index in [-0.39, 0.29) is 18.3 Å². The first-order valence-electron chi connectivity index (χ1n) is 8.99. The third kappa shape index (κ3) is 3.53. The fourth-order valence-electron chi connectivity index (χ4n) is 3.72. The van der Waals surface area contributed by atoms with E-state index in [4.69, 9.17) is 4.84 Å². The molecule has 1 aliphatic rings. The number of hydrogen-bond acceptors (Lipinski definition) is 7. The topological polar surface area (TPSA) is 115 Å². The normalized spacial score (nSPS) is 22.2. The van der Waals surface area contributed by atoms with Crippen LogP contribution in [0.15, 0.2) is 23.6 Å². The summed E-state index contributed by atoms with van der Waals surface area (Å²) in [7, 11) is -3.05. The van der Waals surface area contributed by atoms with Crippen LogP contribution in [0.1, 0.15) is 37.9 Å². The Labute approximate surface area is 156 Å². The van der Waals surface area contributed by atoms with Crippen molar-refractivity contribution in [2.24, 2.45) is 11.1 Å². The summed E-state index contributed by atoms with van der Waals surface area (Å²) in [5.41, 5.74) is 3.42. The van der Waals surface area contributed by atoms with E-state index in [9.17, 15) is 8.42 Å². The van der Waals surface area contributed by atoms with Crippen molar-refractivity contribution in [3.63, 3.8) is 0 Å². The van der Waals surface area contributed by atoms with Crippen molar-refractivity contribution in [3.05, 3.63) is 24.3 Å². The van der Waals surface area contributed by atoms with Crippen LogP contribution in [0.4, 0.5) is 0 Å². The summed E-state index contributed by atoms with van der Waals surface area (Å²) in [5.74, 6) is 1.45. The molecular weight excluding hydrogens is 368 g/mol. The van der Waals surface area contributed by atoms with Crippen molar-refractivity contribution in [1.29, 1.82) is 0 Å². The first-order chi connectivity index (χ1) is 13.0. The highest BCUT2D eigenvalue weighted by atomic mass is 32.2. The quantitative estimate of drug-likeness (QED) is 0.508. The molecule has 0 aromatic carbocycles. The number of nitrogens with one attached hydrogen (secondary N) is 1. The van der Waals surface area contributed by atoms with Crippen LogP contribution < -0.4 is 0 Å². The van der Waals surface area contributed by atoms with E-state index >= 15 is 0 Å². The van der Waals surface area contributed by atoms with Gasteiger partial charge in [-0.05, 0) is 24.8 Å². The van der Waals surface area contributed by atoms with Gasteiger partial charge in [0.25, 0.3) is 0 Å². The molecule has 0 bridgehead atoms. The number of fused-ring (bicyclic) bond motifs is 3. The zero-order valence-corrected chi connectivity index (χ0v) is 16.1. The van der Waals surface area contributed by atoms with E-state index in [0.29, 0.717) is 5.92 Å². The first kappa shape index (κ1) is 17.9. The Balaban J connectivity index is 1.60. The molecule has 9 nitrogen and oxygen atoms in total. The molecule has 3 aromatic heterocycles. The lowest BCUT2D eigenvalue weighted by atomic mass is 9.93. The van der Waals surface area contributed by atoms with E-state index < -0.39 is 9.84 Å². The Kier molecular flexibility index (Phi) is 4.58. The number of oxime groups is 1. The van der Waals surface area contributed by atoms with Gasteiger partial charge >= 0.3 is 0 Å². The van der Waals surface area contributed by atoms with Gasteiger partial charge in [-0.2, -0.15) is 0 Å². The highest BCUT2D eigenvalue weighted by Gasteiger charge is 2.35. The molecule has 3 aromatic rings. The molecule has 3 heterocycles. The highest BCUT2D eigenvalue weighted by molar-refractivity contribution is 7.90. The van der Waals surface area contributed by atoms with Gasteiger partial charge in [0.15, 0.2) is 21.1 Å². The van der Waals surface area contributed by atoms with Crippen LogP contribution in [-0.2, 0) is 14.7 Å². The van der Waals surface area contributed by atoms with E-state index in [1.165, 1.54) is 6.26 Å². The number of hydrogen-bond donors (Lipinski definition) is 1. The highest BCUT2D eigenvalue weighted by Crippen LogP contribution is 2.40. The largest absolute Gasteiger partial charge is 0.395 e. The average molecular weight is 390 g/mol. The zero-order valence-electron chi connectivity index (χ0n) is 15.3. The number of rotatable bonds is 6. The summed E-state index contributed by atoms with van der Waals surface area (Å²) in [5, 5.41) is 12.9. The molecular formula is C17H22N6O3S. The van der Waals surface area contributed by atoms with Gasteiger partial charge in [-0.15, -0.1) is 10.2 Å². The molecule has 1 saturated carbocycles. The van der Waals surface area contributed by atoms with Crippen molar-refractivity contribution in [2.45, 2.75) is 32.1 Å². The Morgan fingerprint density at radius 2 is 2.22 bits per heavy atom. The second-order valence-corrected chi connectivity index (χ2v) is 9.28. The van der Waals surface area contributed by atoms with Crippen molar-refractivity contribution >= 4 is 32.4 Å². The second-order valence-electron chi connectivity index (χ2n) is 7.03. The van der Waals surface area contributed by atoms with Gasteiger partial charge in [-0.25, -0.2) is 13.4 Å². The smallest absolute Gasteiger partial charge is 0.179 e. The predicted octanol–water partition coefficient (Wildman–Crippen LogP) is 1.93. The molecule has 1 N–H and O–H groups in total. The number of aromatic amines is 1. The molecule has 2 atom stereocenters. The summed E-state index contributed by atoms with van der Waals surface area (Å²) in [6, 6.07) is 1.97. The van der Waals surface area contributed by atoms with Gasteiger partial charge in [0, 0.05) is 18.4 Å². The first-order valence-corrected chi connectivity index (χ1v) is 11.0. The van der Waals surface area contributed by atoms with E-state index in [2.05, 4.69) is 36.6 Å². The van der Waals surface area contributed by atoms with E-state index in [0.717, 1.165) is 47.6 Å². The molecule has 1 fully saturated rings. The van der Waals surface area contributed by atoms with E-state index in [1.807, 2.05) is 12.3 Å². The zero-order chi connectivity index (χ0) is 19.0. The average Bonchev–Trinajstić information content (AvgIpc) is 3.33. The minimum atomic E-state index is -3.05. The van der Waals surface area contributed by atoms with Crippen LogP contribution in [-0.4, -0.2) is 57.3 Å². The maximum Gasteiger partial charge on any atom is 0.179 e. The molecule has 0 amide bonds. The standard InChI is InChI=1S/C17H22N6O3S/c1-3-11-8-12(22-26-6-7-27(2,24)25)9-13(11)17-21-20-15-10-19-16-14(23(15)17)4-5-18-16/h4-5,10-11,13,18H,3,6-9H2,1-2H3/t11-,13+/m1/s1. The molecule has 10 heteroatoms. The summed E-state index contributed by atoms with van der Waals surface area (Å²) in [4.78, 5) is 12.7. The molecule has 27 heavy (non-hydrogen) atoms. The molecule has 0 spiro atoms. The number of H-pyrrole nitrogens is 1. The summed E-state index contributed by atoms with van der Waals surface area (Å²) in [6.45, 7) is 2.23. The van der Waals surface area contributed by atoms with Gasteiger partial charge < -0.3 is 9.82 Å². The van der Waals surface area contributed by atoms with Crippen LogP contribution in [0, 0.1) is 5.92 Å². The maximum atomic E-state index is 11.2. The number of aromatic nitrogens is 5. The summed E-state index contributed by atoms with van der Waals surface area (Å²) >= 11 is 0. The molecule has 144 valence electrons.